The number of methoxy groups -OCH3 is 2. The van der Waals surface area contributed by atoms with Crippen LogP contribution in [-0.2, 0) is 11.8 Å². The van der Waals surface area contributed by atoms with Crippen LogP contribution in [0.1, 0.15) is 17.5 Å². The molecule has 0 aliphatic carbocycles. The molecule has 35 heavy (non-hydrogen) atoms. The van der Waals surface area contributed by atoms with E-state index in [2.05, 4.69) is 37.3 Å². The van der Waals surface area contributed by atoms with E-state index in [4.69, 9.17) is 9.47 Å². The van der Waals surface area contributed by atoms with E-state index < -0.39 is 29.2 Å². The number of nitrogens with one attached hydrogen (secondary N) is 3. The van der Waals surface area contributed by atoms with Gasteiger partial charge in [-0.15, -0.1) is 0 Å². The Balaban J connectivity index is 1.67. The fourth-order valence-corrected chi connectivity index (χ4v) is 3.39. The van der Waals surface area contributed by atoms with Crippen molar-refractivity contribution in [3.8, 4) is 11.5 Å². The van der Waals surface area contributed by atoms with Crippen molar-refractivity contribution in [2.75, 3.05) is 24.9 Å². The van der Waals surface area contributed by atoms with Crippen LogP contribution in [0, 0.1) is 11.6 Å². The molecule has 182 valence electrons. The van der Waals surface area contributed by atoms with Gasteiger partial charge in [0.15, 0.2) is 29.0 Å². The van der Waals surface area contributed by atoms with Crippen LogP contribution in [0.3, 0.4) is 0 Å². The molecular formula is C22H21F2N7O4. The molecule has 0 saturated carbocycles. The van der Waals surface area contributed by atoms with Crippen LogP contribution in [0.15, 0.2) is 37.2 Å². The summed E-state index contributed by atoms with van der Waals surface area (Å²) in [4.78, 5) is 23.0. The number of halogens is 2. The van der Waals surface area contributed by atoms with E-state index in [9.17, 15) is 18.7 Å². The van der Waals surface area contributed by atoms with Gasteiger partial charge in [0.2, 0.25) is 5.91 Å². The van der Waals surface area contributed by atoms with E-state index >= 15 is 0 Å². The number of benzene rings is 1. The summed E-state index contributed by atoms with van der Waals surface area (Å²) in [5, 5.41) is 20.6. The Kier molecular flexibility index (Phi) is 6.34. The summed E-state index contributed by atoms with van der Waals surface area (Å²) in [7, 11) is 4.10. The Morgan fingerprint density at radius 3 is 2.57 bits per heavy atom. The zero-order valence-electron chi connectivity index (χ0n) is 18.9. The molecule has 1 aromatic carbocycles. The maximum absolute atomic E-state index is 14.8. The second-order valence-corrected chi connectivity index (χ2v) is 7.32. The number of imidazole rings is 1. The molecule has 4 aromatic rings. The minimum absolute atomic E-state index is 0.121. The lowest BCUT2D eigenvalue weighted by atomic mass is 10.1. The van der Waals surface area contributed by atoms with Gasteiger partial charge in [-0.2, -0.15) is 5.10 Å². The van der Waals surface area contributed by atoms with E-state index in [1.165, 1.54) is 31.2 Å². The average molecular weight is 485 g/mol. The van der Waals surface area contributed by atoms with E-state index in [-0.39, 0.29) is 17.3 Å². The molecule has 3 aromatic heterocycles. The number of aromatic nitrogens is 5. The first-order valence-corrected chi connectivity index (χ1v) is 10.1. The largest absolute Gasteiger partial charge is 0.494 e. The number of aliphatic hydroxyl groups is 1. The van der Waals surface area contributed by atoms with Crippen LogP contribution < -0.4 is 20.1 Å². The van der Waals surface area contributed by atoms with E-state index in [0.717, 1.165) is 12.1 Å². The van der Waals surface area contributed by atoms with Gasteiger partial charge in [-0.05, 0) is 6.08 Å². The van der Waals surface area contributed by atoms with Crippen LogP contribution in [0.5, 0.6) is 11.5 Å². The number of ether oxygens (including phenoxy) is 2. The van der Waals surface area contributed by atoms with Gasteiger partial charge < -0.3 is 30.2 Å². The molecule has 0 spiro atoms. The molecule has 0 aliphatic rings. The highest BCUT2D eigenvalue weighted by molar-refractivity contribution is 6.00. The molecule has 4 N–H and O–H groups in total. The quantitative estimate of drug-likeness (QED) is 0.280. The summed E-state index contributed by atoms with van der Waals surface area (Å²) in [5.41, 5.74) is 0.472. The van der Waals surface area contributed by atoms with Gasteiger partial charge in [-0.3, -0.25) is 9.48 Å². The first-order chi connectivity index (χ1) is 16.7. The lowest BCUT2D eigenvalue weighted by molar-refractivity contribution is -0.111. The lowest BCUT2D eigenvalue weighted by Crippen LogP contribution is -2.10. The number of nitrogens with zero attached hydrogens (tertiary/aromatic N) is 4. The second kappa shape index (κ2) is 9.38. The molecule has 1 atom stereocenters. The summed E-state index contributed by atoms with van der Waals surface area (Å²) < 4.78 is 41.0. The van der Waals surface area contributed by atoms with Crippen molar-refractivity contribution in [2.24, 2.45) is 7.05 Å². The predicted molar refractivity (Wildman–Crippen MR) is 123 cm³/mol. The fraction of sp³-hybridized carbons (Fsp3) is 0.182. The van der Waals surface area contributed by atoms with Crippen molar-refractivity contribution in [2.45, 2.75) is 6.10 Å². The molecule has 4 rings (SSSR count). The number of anilines is 3. The van der Waals surface area contributed by atoms with Crippen LogP contribution in [0.25, 0.3) is 11.0 Å². The number of rotatable bonds is 8. The molecule has 11 nitrogen and oxygen atoms in total. The Labute approximate surface area is 197 Å². The third-order valence-corrected chi connectivity index (χ3v) is 5.04. The van der Waals surface area contributed by atoms with Gasteiger partial charge in [-0.25, -0.2) is 18.7 Å². The van der Waals surface area contributed by atoms with Crippen molar-refractivity contribution in [3.05, 3.63) is 60.2 Å². The molecule has 0 saturated heterocycles. The van der Waals surface area contributed by atoms with E-state index in [1.807, 2.05) is 0 Å². The molecule has 0 fully saturated rings. The number of fused-ring (bicyclic) bond motifs is 1. The van der Waals surface area contributed by atoms with Crippen molar-refractivity contribution in [1.29, 1.82) is 0 Å². The van der Waals surface area contributed by atoms with Crippen molar-refractivity contribution in [3.63, 3.8) is 0 Å². The SMILES string of the molecule is C=CC(=O)Nc1cn(C)nc1Nc1cc2nc(C(O)c3c(F)c(OC)cc(OC)c3F)[nH]c2cn1. The number of aromatic amines is 1. The van der Waals surface area contributed by atoms with E-state index in [0.29, 0.717) is 28.4 Å². The highest BCUT2D eigenvalue weighted by Crippen LogP contribution is 2.37. The summed E-state index contributed by atoms with van der Waals surface area (Å²) >= 11 is 0. The normalized spacial score (nSPS) is 11.8. The third-order valence-electron chi connectivity index (χ3n) is 5.04. The lowest BCUT2D eigenvalue weighted by Gasteiger charge is -2.15. The van der Waals surface area contributed by atoms with Gasteiger partial charge in [0, 0.05) is 19.2 Å². The number of hydrogen-bond acceptors (Lipinski definition) is 8. The zero-order chi connectivity index (χ0) is 25.3. The summed E-state index contributed by atoms with van der Waals surface area (Å²) in [6, 6.07) is 2.58. The average Bonchev–Trinajstić information content (AvgIpc) is 3.41. The number of carbonyl (C=O) groups is 1. The van der Waals surface area contributed by atoms with Crippen molar-refractivity contribution < 1.29 is 28.2 Å². The number of aliphatic hydroxyl groups excluding tert-OH is 1. The van der Waals surface area contributed by atoms with Crippen LogP contribution in [0.2, 0.25) is 0 Å². The van der Waals surface area contributed by atoms with Crippen molar-refractivity contribution >= 4 is 34.3 Å². The molecule has 3 heterocycles. The van der Waals surface area contributed by atoms with Gasteiger partial charge in [-0.1, -0.05) is 6.58 Å². The van der Waals surface area contributed by atoms with Gasteiger partial charge in [0.05, 0.1) is 43.2 Å². The smallest absolute Gasteiger partial charge is 0.247 e. The maximum atomic E-state index is 14.8. The molecule has 0 aliphatic heterocycles. The Hall–Kier alpha value is -4.52. The Morgan fingerprint density at radius 2 is 1.94 bits per heavy atom. The van der Waals surface area contributed by atoms with Crippen LogP contribution in [0.4, 0.5) is 26.1 Å². The number of aryl methyl sites for hydroxylation is 1. The maximum Gasteiger partial charge on any atom is 0.247 e. The third kappa shape index (κ3) is 4.48. The monoisotopic (exact) mass is 485 g/mol. The number of H-pyrrole nitrogens is 1. The Bertz CT molecular complexity index is 1400. The Morgan fingerprint density at radius 1 is 1.26 bits per heavy atom. The first-order valence-electron chi connectivity index (χ1n) is 10.1. The highest BCUT2D eigenvalue weighted by Gasteiger charge is 2.28. The molecule has 0 radical (unpaired) electrons. The number of hydrogen-bond donors (Lipinski definition) is 4. The number of carbonyl (C=O) groups excluding carboxylic acids is 1. The minimum Gasteiger partial charge on any atom is -0.494 e. The minimum atomic E-state index is -1.79. The van der Waals surface area contributed by atoms with E-state index in [1.54, 1.807) is 13.2 Å². The van der Waals surface area contributed by atoms with Crippen LogP contribution in [-0.4, -0.2) is 50.0 Å². The standard InChI is InChI=1S/C22H21F2N7O4/c1-5-16(32)26-12-9-31(2)30-21(12)29-15-6-10-11(8-25-15)28-22(27-10)20(33)17-18(23)13(34-3)7-14(35-4)19(17)24/h5-9,20,33H,1H2,2-4H3,(H,26,32)(H,27,28)(H,25,29,30). The molecule has 1 amide bonds. The summed E-state index contributed by atoms with van der Waals surface area (Å²) in [6.45, 7) is 3.41. The topological polar surface area (TPSA) is 139 Å². The van der Waals surface area contributed by atoms with Gasteiger partial charge >= 0.3 is 0 Å². The predicted octanol–water partition coefficient (Wildman–Crippen LogP) is 2.94. The molecular weight excluding hydrogens is 464 g/mol. The fourth-order valence-electron chi connectivity index (χ4n) is 3.39. The molecule has 0 bridgehead atoms. The zero-order valence-corrected chi connectivity index (χ0v) is 18.9. The highest BCUT2D eigenvalue weighted by atomic mass is 19.1. The van der Waals surface area contributed by atoms with Crippen molar-refractivity contribution in [1.82, 2.24) is 24.7 Å². The summed E-state index contributed by atoms with van der Waals surface area (Å²) in [5.74, 6) is -2.65. The van der Waals surface area contributed by atoms with Gasteiger partial charge in [0.1, 0.15) is 23.4 Å². The molecule has 1 unspecified atom stereocenters. The van der Waals surface area contributed by atoms with Crippen LogP contribution >= 0.6 is 0 Å². The summed E-state index contributed by atoms with van der Waals surface area (Å²) in [6.07, 6.45) is 2.35. The molecule has 13 heteroatoms. The number of amides is 1. The number of pyridine rings is 1. The second-order valence-electron chi connectivity index (χ2n) is 7.32. The van der Waals surface area contributed by atoms with Gasteiger partial charge in [0.25, 0.3) is 0 Å². The first kappa shape index (κ1) is 23.6.